The Kier molecular flexibility index (Phi) is 4.36. The van der Waals surface area contributed by atoms with Crippen molar-refractivity contribution < 1.29 is 0 Å². The molecule has 2 heterocycles. The SMILES string of the molecule is [B]c1cc(Br)c(-c2cc3cnc(NC)cc3n(CC)c2=O)cc1N. The number of halogens is 1. The summed E-state index contributed by atoms with van der Waals surface area (Å²) in [7, 11) is 7.63. The quantitative estimate of drug-likeness (QED) is 0.538. The Morgan fingerprint density at radius 1 is 1.29 bits per heavy atom. The van der Waals surface area contributed by atoms with Crippen molar-refractivity contribution >= 4 is 51.6 Å². The van der Waals surface area contributed by atoms with E-state index in [-0.39, 0.29) is 5.56 Å². The van der Waals surface area contributed by atoms with E-state index in [4.69, 9.17) is 13.6 Å². The van der Waals surface area contributed by atoms with E-state index >= 15 is 0 Å². The van der Waals surface area contributed by atoms with Crippen molar-refractivity contribution in [1.82, 2.24) is 9.55 Å². The van der Waals surface area contributed by atoms with Crippen LogP contribution >= 0.6 is 15.9 Å². The average molecular weight is 383 g/mol. The summed E-state index contributed by atoms with van der Waals surface area (Å²) in [6.45, 7) is 2.49. The highest BCUT2D eigenvalue weighted by Gasteiger charge is 2.14. The maximum absolute atomic E-state index is 13.0. The Morgan fingerprint density at radius 2 is 2.04 bits per heavy atom. The molecule has 0 amide bonds. The van der Waals surface area contributed by atoms with Gasteiger partial charge in [0, 0.05) is 52.5 Å². The van der Waals surface area contributed by atoms with Gasteiger partial charge in [-0.2, -0.15) is 0 Å². The normalized spacial score (nSPS) is 11.0. The number of hydrogen-bond acceptors (Lipinski definition) is 4. The molecule has 0 atom stereocenters. The fraction of sp³-hybridized carbons (Fsp3) is 0.176. The molecule has 0 unspecified atom stereocenters. The molecular formula is C17H16BBrN4O. The van der Waals surface area contributed by atoms with E-state index in [1.54, 1.807) is 29.9 Å². The summed E-state index contributed by atoms with van der Waals surface area (Å²) < 4.78 is 2.46. The van der Waals surface area contributed by atoms with Crippen LogP contribution in [0.25, 0.3) is 22.0 Å². The maximum Gasteiger partial charge on any atom is 0.258 e. The van der Waals surface area contributed by atoms with E-state index in [0.29, 0.717) is 28.8 Å². The number of nitrogens with one attached hydrogen (secondary N) is 1. The number of rotatable bonds is 3. The van der Waals surface area contributed by atoms with Gasteiger partial charge in [0.25, 0.3) is 5.56 Å². The number of aromatic nitrogens is 2. The molecule has 5 nitrogen and oxygen atoms in total. The first kappa shape index (κ1) is 16.6. The highest BCUT2D eigenvalue weighted by atomic mass is 79.9. The van der Waals surface area contributed by atoms with Gasteiger partial charge in [-0.15, -0.1) is 0 Å². The van der Waals surface area contributed by atoms with Crippen LogP contribution in [0.3, 0.4) is 0 Å². The second kappa shape index (κ2) is 6.32. The third kappa shape index (κ3) is 2.69. The van der Waals surface area contributed by atoms with Crippen LogP contribution in [0.15, 0.2) is 39.7 Å². The monoisotopic (exact) mass is 382 g/mol. The number of hydrogen-bond donors (Lipinski definition) is 2. The molecule has 24 heavy (non-hydrogen) atoms. The first-order valence-electron chi connectivity index (χ1n) is 7.52. The minimum Gasteiger partial charge on any atom is -0.399 e. The van der Waals surface area contributed by atoms with Crippen LogP contribution < -0.4 is 22.1 Å². The Hall–Kier alpha value is -2.28. The van der Waals surface area contributed by atoms with Crippen LogP contribution in [0, 0.1) is 0 Å². The molecule has 1 aromatic carbocycles. The van der Waals surface area contributed by atoms with Crippen molar-refractivity contribution in [3.8, 4) is 11.1 Å². The topological polar surface area (TPSA) is 72.9 Å². The number of nitrogens with zero attached hydrogens (tertiary/aromatic N) is 2. The summed E-state index contributed by atoms with van der Waals surface area (Å²) in [5.41, 5.74) is 8.87. The zero-order chi connectivity index (χ0) is 17.4. The van der Waals surface area contributed by atoms with E-state index in [1.165, 1.54) is 0 Å². The summed E-state index contributed by atoms with van der Waals surface area (Å²) in [4.78, 5) is 17.3. The largest absolute Gasteiger partial charge is 0.399 e. The third-order valence-corrected chi connectivity index (χ3v) is 4.67. The summed E-state index contributed by atoms with van der Waals surface area (Å²) in [5, 5.41) is 3.88. The summed E-state index contributed by atoms with van der Waals surface area (Å²) >= 11 is 3.48. The predicted octanol–water partition coefficient (Wildman–Crippen LogP) is 2.26. The van der Waals surface area contributed by atoms with Crippen LogP contribution in [-0.4, -0.2) is 24.4 Å². The molecule has 0 saturated heterocycles. The number of nitrogen functional groups attached to an aromatic ring is 1. The minimum absolute atomic E-state index is 0.0804. The van der Waals surface area contributed by atoms with E-state index in [9.17, 15) is 4.79 Å². The third-order valence-electron chi connectivity index (χ3n) is 4.01. The molecule has 3 N–H and O–H groups in total. The number of benzene rings is 1. The lowest BCUT2D eigenvalue weighted by atomic mass is 9.91. The molecule has 0 spiro atoms. The zero-order valence-corrected chi connectivity index (χ0v) is 15.0. The van der Waals surface area contributed by atoms with Crippen LogP contribution in [0.2, 0.25) is 0 Å². The van der Waals surface area contributed by atoms with Gasteiger partial charge < -0.3 is 15.6 Å². The first-order chi connectivity index (χ1) is 11.5. The van der Waals surface area contributed by atoms with Gasteiger partial charge in [-0.25, -0.2) is 4.98 Å². The number of aryl methyl sites for hydroxylation is 1. The van der Waals surface area contributed by atoms with Crippen LogP contribution in [-0.2, 0) is 6.54 Å². The van der Waals surface area contributed by atoms with Crippen molar-refractivity contribution in [3.63, 3.8) is 0 Å². The predicted molar refractivity (Wildman–Crippen MR) is 104 cm³/mol. The Bertz CT molecular complexity index is 1000. The lowest BCUT2D eigenvalue weighted by Crippen LogP contribution is -2.22. The van der Waals surface area contributed by atoms with Gasteiger partial charge in [0.15, 0.2) is 0 Å². The highest BCUT2D eigenvalue weighted by Crippen LogP contribution is 2.29. The van der Waals surface area contributed by atoms with Gasteiger partial charge in [-0.3, -0.25) is 4.79 Å². The van der Waals surface area contributed by atoms with E-state index in [1.807, 2.05) is 19.1 Å². The van der Waals surface area contributed by atoms with Gasteiger partial charge in [-0.1, -0.05) is 27.5 Å². The second-order valence-electron chi connectivity index (χ2n) is 5.45. The van der Waals surface area contributed by atoms with Crippen molar-refractivity contribution in [2.45, 2.75) is 13.5 Å². The lowest BCUT2D eigenvalue weighted by Gasteiger charge is -2.14. The van der Waals surface area contributed by atoms with Crippen molar-refractivity contribution in [2.24, 2.45) is 0 Å². The fourth-order valence-corrected chi connectivity index (χ4v) is 3.30. The molecule has 0 aliphatic heterocycles. The summed E-state index contributed by atoms with van der Waals surface area (Å²) in [6.07, 6.45) is 1.75. The Morgan fingerprint density at radius 3 is 2.71 bits per heavy atom. The summed E-state index contributed by atoms with van der Waals surface area (Å²) in [6, 6.07) is 7.15. The van der Waals surface area contributed by atoms with Gasteiger partial charge in [-0.05, 0) is 19.1 Å². The second-order valence-corrected chi connectivity index (χ2v) is 6.30. The molecule has 2 aromatic heterocycles. The van der Waals surface area contributed by atoms with E-state index in [2.05, 4.69) is 26.2 Å². The minimum atomic E-state index is -0.0804. The first-order valence-corrected chi connectivity index (χ1v) is 8.31. The Labute approximate surface area is 149 Å². The van der Waals surface area contributed by atoms with Crippen LogP contribution in [0.1, 0.15) is 6.92 Å². The lowest BCUT2D eigenvalue weighted by molar-refractivity contribution is 0.761. The standard InChI is InChI=1S/C17H16BBrN4O/c1-3-23-15-7-16(21-2)22-8-9(15)4-11(17(23)24)10-5-14(20)12(18)6-13(10)19/h4-8H,3,20H2,1-2H3,(H,21,22). The average Bonchev–Trinajstić information content (AvgIpc) is 2.57. The van der Waals surface area contributed by atoms with Crippen molar-refractivity contribution in [2.75, 3.05) is 18.1 Å². The molecule has 7 heteroatoms. The molecule has 120 valence electrons. The molecule has 0 aliphatic carbocycles. The number of nitrogens with two attached hydrogens (primary N) is 1. The van der Waals surface area contributed by atoms with Gasteiger partial charge in [0.05, 0.1) is 5.52 Å². The number of anilines is 2. The zero-order valence-electron chi connectivity index (χ0n) is 13.4. The smallest absolute Gasteiger partial charge is 0.258 e. The molecule has 0 fully saturated rings. The highest BCUT2D eigenvalue weighted by molar-refractivity contribution is 9.10. The number of pyridine rings is 2. The van der Waals surface area contributed by atoms with Crippen LogP contribution in [0.4, 0.5) is 11.5 Å². The fourth-order valence-electron chi connectivity index (χ4n) is 2.73. The maximum atomic E-state index is 13.0. The molecule has 3 aromatic rings. The van der Waals surface area contributed by atoms with Crippen LogP contribution in [0.5, 0.6) is 0 Å². The van der Waals surface area contributed by atoms with Gasteiger partial charge >= 0.3 is 0 Å². The molecule has 0 saturated carbocycles. The van der Waals surface area contributed by atoms with E-state index < -0.39 is 0 Å². The molecular weight excluding hydrogens is 367 g/mol. The molecule has 3 rings (SSSR count). The van der Waals surface area contributed by atoms with Crippen molar-refractivity contribution in [1.29, 1.82) is 0 Å². The number of fused-ring (bicyclic) bond motifs is 1. The van der Waals surface area contributed by atoms with Crippen molar-refractivity contribution in [3.05, 3.63) is 45.3 Å². The molecule has 0 aliphatic rings. The molecule has 0 bridgehead atoms. The molecule has 2 radical (unpaired) electrons. The van der Waals surface area contributed by atoms with Gasteiger partial charge in [0.2, 0.25) is 0 Å². The Balaban J connectivity index is 2.36. The van der Waals surface area contributed by atoms with Gasteiger partial charge in [0.1, 0.15) is 13.7 Å². The summed E-state index contributed by atoms with van der Waals surface area (Å²) in [5.74, 6) is 0.717. The van der Waals surface area contributed by atoms with E-state index in [0.717, 1.165) is 21.2 Å².